The fourth-order valence-corrected chi connectivity index (χ4v) is 4.17. The second-order valence-electron chi connectivity index (χ2n) is 6.76. The van der Waals surface area contributed by atoms with E-state index in [0.717, 1.165) is 37.3 Å². The Morgan fingerprint density at radius 3 is 2.92 bits per heavy atom. The van der Waals surface area contributed by atoms with Gasteiger partial charge in [0.2, 0.25) is 5.91 Å². The Kier molecular flexibility index (Phi) is 5.91. The first-order chi connectivity index (χ1) is 12.0. The van der Waals surface area contributed by atoms with Crippen LogP contribution in [0.25, 0.3) is 0 Å². The van der Waals surface area contributed by atoms with E-state index in [1.165, 1.54) is 10.4 Å². The number of rotatable bonds is 7. The summed E-state index contributed by atoms with van der Waals surface area (Å²) in [5, 5.41) is 6.51. The normalized spacial score (nSPS) is 17.2. The van der Waals surface area contributed by atoms with Crippen molar-refractivity contribution < 1.29 is 9.53 Å². The van der Waals surface area contributed by atoms with E-state index in [9.17, 15) is 4.79 Å². The lowest BCUT2D eigenvalue weighted by Crippen LogP contribution is -2.36. The van der Waals surface area contributed by atoms with Crippen LogP contribution in [-0.2, 0) is 29.5 Å². The van der Waals surface area contributed by atoms with Crippen LogP contribution in [-0.4, -0.2) is 39.8 Å². The number of thiophene rings is 1. The van der Waals surface area contributed by atoms with Gasteiger partial charge in [-0.05, 0) is 50.1 Å². The second-order valence-corrected chi connectivity index (χ2v) is 7.79. The highest BCUT2D eigenvalue weighted by molar-refractivity contribution is 7.09. The van der Waals surface area contributed by atoms with E-state index in [1.807, 2.05) is 29.6 Å². The molecular formula is C19H27N3O2S. The molecule has 1 aliphatic rings. The van der Waals surface area contributed by atoms with Gasteiger partial charge in [0.05, 0.1) is 18.3 Å². The number of ether oxygens (including phenoxy) is 1. The highest BCUT2D eigenvalue weighted by Gasteiger charge is 2.23. The molecule has 1 unspecified atom stereocenters. The average Bonchev–Trinajstić information content (AvgIpc) is 3.31. The Morgan fingerprint density at radius 2 is 2.32 bits per heavy atom. The number of hydrogen-bond acceptors (Lipinski definition) is 4. The van der Waals surface area contributed by atoms with Gasteiger partial charge in [0.15, 0.2) is 0 Å². The highest BCUT2D eigenvalue weighted by Crippen LogP contribution is 2.19. The summed E-state index contributed by atoms with van der Waals surface area (Å²) in [6.45, 7) is 6.28. The summed E-state index contributed by atoms with van der Waals surface area (Å²) in [6.07, 6.45) is 3.60. The summed E-state index contributed by atoms with van der Waals surface area (Å²) >= 11 is 1.70. The number of hydrogen-bond donors (Lipinski definition) is 0. The van der Waals surface area contributed by atoms with Crippen LogP contribution < -0.4 is 0 Å². The monoisotopic (exact) mass is 361 g/mol. The van der Waals surface area contributed by atoms with Gasteiger partial charge < -0.3 is 9.64 Å². The molecule has 1 aliphatic heterocycles. The van der Waals surface area contributed by atoms with Crippen molar-refractivity contribution in [2.75, 3.05) is 13.2 Å². The van der Waals surface area contributed by atoms with Crippen molar-refractivity contribution >= 4 is 17.2 Å². The molecule has 2 aromatic heterocycles. The minimum atomic E-state index is 0.186. The molecule has 1 atom stereocenters. The van der Waals surface area contributed by atoms with E-state index in [2.05, 4.69) is 23.5 Å². The molecule has 0 N–H and O–H groups in total. The van der Waals surface area contributed by atoms with Gasteiger partial charge in [0.1, 0.15) is 0 Å². The van der Waals surface area contributed by atoms with Crippen molar-refractivity contribution in [2.45, 2.75) is 52.2 Å². The number of carbonyl (C=O) groups excluding carboxylic acids is 1. The topological polar surface area (TPSA) is 47.4 Å². The maximum atomic E-state index is 12.9. The van der Waals surface area contributed by atoms with Gasteiger partial charge in [-0.15, -0.1) is 11.3 Å². The molecule has 0 bridgehead atoms. The first-order valence-electron chi connectivity index (χ1n) is 8.95. The van der Waals surface area contributed by atoms with Crippen molar-refractivity contribution in [1.82, 2.24) is 14.7 Å². The van der Waals surface area contributed by atoms with E-state index in [-0.39, 0.29) is 12.0 Å². The molecule has 0 aromatic carbocycles. The minimum absolute atomic E-state index is 0.186. The smallest absolute Gasteiger partial charge is 0.223 e. The van der Waals surface area contributed by atoms with Gasteiger partial charge >= 0.3 is 0 Å². The standard InChI is InChI=1S/C19H27N3O2S/c1-14-18(15(2)21(3)20-14)8-9-19(23)22(12-16-6-4-10-24-16)13-17-7-5-11-25-17/h5,7,11,16H,4,6,8-10,12-13H2,1-3H3. The number of nitrogens with zero attached hydrogens (tertiary/aromatic N) is 3. The molecule has 0 spiro atoms. The maximum absolute atomic E-state index is 12.9. The molecule has 25 heavy (non-hydrogen) atoms. The first kappa shape index (κ1) is 18.1. The van der Waals surface area contributed by atoms with E-state index in [1.54, 1.807) is 11.3 Å². The van der Waals surface area contributed by atoms with Gasteiger partial charge in [-0.25, -0.2) is 0 Å². The van der Waals surface area contributed by atoms with E-state index >= 15 is 0 Å². The molecule has 1 saturated heterocycles. The zero-order valence-corrected chi connectivity index (χ0v) is 16.1. The average molecular weight is 362 g/mol. The SMILES string of the molecule is Cc1nn(C)c(C)c1CCC(=O)N(Cc1cccs1)CC1CCCO1. The Hall–Kier alpha value is -1.66. The molecular weight excluding hydrogens is 334 g/mol. The Labute approximate surface area is 153 Å². The lowest BCUT2D eigenvalue weighted by molar-refractivity contribution is -0.133. The van der Waals surface area contributed by atoms with Crippen molar-refractivity contribution in [2.24, 2.45) is 7.05 Å². The molecule has 0 saturated carbocycles. The summed E-state index contributed by atoms with van der Waals surface area (Å²) < 4.78 is 7.65. The number of carbonyl (C=O) groups is 1. The summed E-state index contributed by atoms with van der Waals surface area (Å²) in [4.78, 5) is 16.1. The van der Waals surface area contributed by atoms with Crippen molar-refractivity contribution in [3.8, 4) is 0 Å². The third-order valence-corrected chi connectivity index (χ3v) is 5.84. The second kappa shape index (κ2) is 8.15. The zero-order chi connectivity index (χ0) is 17.8. The maximum Gasteiger partial charge on any atom is 0.223 e. The molecule has 1 amide bonds. The quantitative estimate of drug-likeness (QED) is 0.761. The highest BCUT2D eigenvalue weighted by atomic mass is 32.1. The molecule has 0 aliphatic carbocycles. The number of amides is 1. The Balaban J connectivity index is 1.65. The van der Waals surface area contributed by atoms with Gasteiger partial charge in [0.25, 0.3) is 0 Å². The number of aryl methyl sites for hydroxylation is 2. The fraction of sp³-hybridized carbons (Fsp3) is 0.579. The Bertz CT molecular complexity index is 703. The van der Waals surface area contributed by atoms with Crippen molar-refractivity contribution in [3.63, 3.8) is 0 Å². The van der Waals surface area contributed by atoms with Crippen molar-refractivity contribution in [1.29, 1.82) is 0 Å². The fourth-order valence-electron chi connectivity index (χ4n) is 3.45. The molecule has 136 valence electrons. The van der Waals surface area contributed by atoms with Gasteiger partial charge in [-0.1, -0.05) is 6.07 Å². The predicted octanol–water partition coefficient (Wildman–Crippen LogP) is 3.24. The van der Waals surface area contributed by atoms with E-state index in [0.29, 0.717) is 19.5 Å². The van der Waals surface area contributed by atoms with Crippen LogP contribution in [0.4, 0.5) is 0 Å². The molecule has 6 heteroatoms. The van der Waals surface area contributed by atoms with Crippen LogP contribution in [0.15, 0.2) is 17.5 Å². The first-order valence-corrected chi connectivity index (χ1v) is 9.83. The summed E-state index contributed by atoms with van der Waals surface area (Å²) in [6, 6.07) is 4.13. The Morgan fingerprint density at radius 1 is 1.48 bits per heavy atom. The molecule has 2 aromatic rings. The number of aromatic nitrogens is 2. The summed E-state index contributed by atoms with van der Waals surface area (Å²) in [7, 11) is 1.95. The van der Waals surface area contributed by atoms with Crippen LogP contribution in [0.3, 0.4) is 0 Å². The van der Waals surface area contributed by atoms with Crippen LogP contribution in [0, 0.1) is 13.8 Å². The molecule has 3 heterocycles. The van der Waals surface area contributed by atoms with Gasteiger partial charge in [-0.2, -0.15) is 5.10 Å². The van der Waals surface area contributed by atoms with Gasteiger partial charge in [0, 0.05) is 37.2 Å². The summed E-state index contributed by atoms with van der Waals surface area (Å²) in [5.41, 5.74) is 3.37. The van der Waals surface area contributed by atoms with Gasteiger partial charge in [-0.3, -0.25) is 9.48 Å². The summed E-state index contributed by atoms with van der Waals surface area (Å²) in [5.74, 6) is 0.201. The van der Waals surface area contributed by atoms with Crippen LogP contribution in [0.5, 0.6) is 0 Å². The molecule has 3 rings (SSSR count). The van der Waals surface area contributed by atoms with Crippen LogP contribution in [0.2, 0.25) is 0 Å². The van der Waals surface area contributed by atoms with E-state index in [4.69, 9.17) is 4.74 Å². The lowest BCUT2D eigenvalue weighted by atomic mass is 10.1. The molecule has 0 radical (unpaired) electrons. The third kappa shape index (κ3) is 4.50. The third-order valence-electron chi connectivity index (χ3n) is 4.98. The van der Waals surface area contributed by atoms with Crippen LogP contribution in [0.1, 0.15) is 41.1 Å². The van der Waals surface area contributed by atoms with Crippen LogP contribution >= 0.6 is 11.3 Å². The molecule has 5 nitrogen and oxygen atoms in total. The largest absolute Gasteiger partial charge is 0.376 e. The zero-order valence-electron chi connectivity index (χ0n) is 15.3. The molecule has 1 fully saturated rings. The predicted molar refractivity (Wildman–Crippen MR) is 99.7 cm³/mol. The lowest BCUT2D eigenvalue weighted by Gasteiger charge is -2.25. The van der Waals surface area contributed by atoms with E-state index < -0.39 is 0 Å². The van der Waals surface area contributed by atoms with Crippen molar-refractivity contribution in [3.05, 3.63) is 39.3 Å². The minimum Gasteiger partial charge on any atom is -0.376 e.